The maximum atomic E-state index is 12.6. The molecule has 0 bridgehead atoms. The van der Waals surface area contributed by atoms with Gasteiger partial charge in [-0.25, -0.2) is 0 Å². The zero-order valence-electron chi connectivity index (χ0n) is 15.3. The molecular formula is C19H25N3O3S. The second-order valence-electron chi connectivity index (χ2n) is 7.26. The Morgan fingerprint density at radius 1 is 1.23 bits per heavy atom. The van der Waals surface area contributed by atoms with Gasteiger partial charge in [-0.05, 0) is 25.8 Å². The second kappa shape index (κ2) is 7.31. The topological polar surface area (TPSA) is 78.5 Å². The molecule has 140 valence electrons. The molecule has 0 saturated carbocycles. The van der Waals surface area contributed by atoms with Gasteiger partial charge in [0.1, 0.15) is 17.5 Å². The largest absolute Gasteiger partial charge is 0.354 e. The molecule has 3 atom stereocenters. The molecule has 0 radical (unpaired) electrons. The summed E-state index contributed by atoms with van der Waals surface area (Å²) in [5.41, 5.74) is 0.907. The first kappa shape index (κ1) is 18.8. The molecule has 0 spiro atoms. The average molecular weight is 375 g/mol. The fraction of sp³-hybridized carbons (Fsp3) is 0.526. The van der Waals surface area contributed by atoms with Crippen LogP contribution >= 0.6 is 11.8 Å². The minimum atomic E-state index is -0.556. The zero-order chi connectivity index (χ0) is 18.9. The highest BCUT2D eigenvalue weighted by molar-refractivity contribution is 8.01. The van der Waals surface area contributed by atoms with Crippen LogP contribution < -0.4 is 10.6 Å². The SMILES string of the molecule is CCCNC(=O)C1N2C(=O)C(NC(=O)Cc3ccccc3)C2SC1(C)C. The van der Waals surface area contributed by atoms with Gasteiger partial charge in [0.05, 0.1) is 6.42 Å². The number of carbonyl (C=O) groups excluding carboxylic acids is 3. The van der Waals surface area contributed by atoms with E-state index in [1.165, 1.54) is 0 Å². The molecule has 26 heavy (non-hydrogen) atoms. The lowest BCUT2D eigenvalue weighted by Gasteiger charge is -2.44. The number of amides is 3. The van der Waals surface area contributed by atoms with Crippen molar-refractivity contribution in [3.05, 3.63) is 35.9 Å². The fourth-order valence-corrected chi connectivity index (χ4v) is 5.15. The summed E-state index contributed by atoms with van der Waals surface area (Å²) in [5, 5.41) is 5.55. The van der Waals surface area contributed by atoms with Crippen LogP contribution in [0.15, 0.2) is 30.3 Å². The van der Waals surface area contributed by atoms with Crippen molar-refractivity contribution < 1.29 is 14.4 Å². The smallest absolute Gasteiger partial charge is 0.249 e. The Labute approximate surface area is 158 Å². The van der Waals surface area contributed by atoms with Crippen LogP contribution in [-0.2, 0) is 20.8 Å². The number of nitrogens with zero attached hydrogens (tertiary/aromatic N) is 1. The van der Waals surface area contributed by atoms with E-state index in [1.807, 2.05) is 51.1 Å². The molecule has 6 nitrogen and oxygen atoms in total. The van der Waals surface area contributed by atoms with Gasteiger partial charge in [-0.2, -0.15) is 0 Å². The van der Waals surface area contributed by atoms with Crippen molar-refractivity contribution in [2.45, 2.75) is 55.8 Å². The fourth-order valence-electron chi connectivity index (χ4n) is 3.52. The third-order valence-electron chi connectivity index (χ3n) is 4.76. The van der Waals surface area contributed by atoms with E-state index in [1.54, 1.807) is 16.7 Å². The van der Waals surface area contributed by atoms with Crippen LogP contribution in [0.3, 0.4) is 0 Å². The number of benzene rings is 1. The standard InChI is InChI=1S/C19H25N3O3S/c1-4-10-20-16(24)15-19(2,3)26-18-14(17(25)22(15)18)21-13(23)11-12-8-6-5-7-9-12/h5-9,14-15,18H,4,10-11H2,1-3H3,(H,20,24)(H,21,23). The third kappa shape index (κ3) is 3.45. The van der Waals surface area contributed by atoms with Crippen molar-refractivity contribution in [2.75, 3.05) is 6.54 Å². The monoisotopic (exact) mass is 375 g/mol. The normalized spacial score (nSPS) is 26.0. The zero-order valence-corrected chi connectivity index (χ0v) is 16.1. The van der Waals surface area contributed by atoms with E-state index in [0.717, 1.165) is 12.0 Å². The molecule has 3 unspecified atom stereocenters. The molecule has 2 heterocycles. The van der Waals surface area contributed by atoms with E-state index in [0.29, 0.717) is 6.54 Å². The number of hydrogen-bond acceptors (Lipinski definition) is 4. The third-order valence-corrected chi connectivity index (χ3v) is 6.33. The Balaban J connectivity index is 1.64. The van der Waals surface area contributed by atoms with Gasteiger partial charge in [0.15, 0.2) is 0 Å². The summed E-state index contributed by atoms with van der Waals surface area (Å²) in [6.45, 7) is 6.54. The lowest BCUT2D eigenvalue weighted by Crippen LogP contribution is -2.71. The Kier molecular flexibility index (Phi) is 5.27. The Morgan fingerprint density at radius 2 is 1.92 bits per heavy atom. The van der Waals surface area contributed by atoms with Gasteiger partial charge < -0.3 is 15.5 Å². The van der Waals surface area contributed by atoms with Crippen molar-refractivity contribution in [3.63, 3.8) is 0 Å². The number of carbonyl (C=O) groups is 3. The van der Waals surface area contributed by atoms with Gasteiger partial charge >= 0.3 is 0 Å². The number of fused-ring (bicyclic) bond motifs is 1. The van der Waals surface area contributed by atoms with Crippen LogP contribution in [0.4, 0.5) is 0 Å². The first-order valence-electron chi connectivity index (χ1n) is 8.96. The highest BCUT2D eigenvalue weighted by Gasteiger charge is 2.63. The van der Waals surface area contributed by atoms with Crippen molar-refractivity contribution in [2.24, 2.45) is 0 Å². The summed E-state index contributed by atoms with van der Waals surface area (Å²) in [7, 11) is 0. The average Bonchev–Trinajstić information content (AvgIpc) is 2.86. The lowest BCUT2D eigenvalue weighted by atomic mass is 9.95. The molecule has 2 saturated heterocycles. The van der Waals surface area contributed by atoms with Crippen molar-refractivity contribution in [1.82, 2.24) is 15.5 Å². The number of nitrogens with one attached hydrogen (secondary N) is 2. The lowest BCUT2D eigenvalue weighted by molar-refractivity contribution is -0.155. The van der Waals surface area contributed by atoms with E-state index in [-0.39, 0.29) is 29.5 Å². The first-order valence-corrected chi connectivity index (χ1v) is 9.84. The molecule has 0 aromatic heterocycles. The predicted molar refractivity (Wildman–Crippen MR) is 101 cm³/mol. The van der Waals surface area contributed by atoms with Gasteiger partial charge in [-0.3, -0.25) is 14.4 Å². The van der Waals surface area contributed by atoms with Crippen LogP contribution in [-0.4, -0.2) is 51.4 Å². The van der Waals surface area contributed by atoms with Gasteiger partial charge in [-0.15, -0.1) is 11.8 Å². The van der Waals surface area contributed by atoms with Crippen LogP contribution in [0.25, 0.3) is 0 Å². The van der Waals surface area contributed by atoms with E-state index in [4.69, 9.17) is 0 Å². The second-order valence-corrected chi connectivity index (χ2v) is 9.03. The number of hydrogen-bond donors (Lipinski definition) is 2. The molecule has 2 aliphatic rings. The molecule has 2 aliphatic heterocycles. The molecule has 1 aromatic carbocycles. The summed E-state index contributed by atoms with van der Waals surface area (Å²) in [4.78, 5) is 39.1. The number of rotatable bonds is 6. The molecule has 2 N–H and O–H groups in total. The van der Waals surface area contributed by atoms with Crippen molar-refractivity contribution in [3.8, 4) is 0 Å². The van der Waals surface area contributed by atoms with E-state index >= 15 is 0 Å². The van der Waals surface area contributed by atoms with E-state index in [9.17, 15) is 14.4 Å². The summed E-state index contributed by atoms with van der Waals surface area (Å²) >= 11 is 1.58. The van der Waals surface area contributed by atoms with E-state index in [2.05, 4.69) is 10.6 Å². The summed E-state index contributed by atoms with van der Waals surface area (Å²) in [6.07, 6.45) is 1.09. The van der Waals surface area contributed by atoms with Gasteiger partial charge in [-0.1, -0.05) is 37.3 Å². The van der Waals surface area contributed by atoms with Gasteiger partial charge in [0.25, 0.3) is 0 Å². The van der Waals surface area contributed by atoms with Crippen LogP contribution in [0.1, 0.15) is 32.8 Å². The Morgan fingerprint density at radius 3 is 2.58 bits per heavy atom. The highest BCUT2D eigenvalue weighted by atomic mass is 32.2. The van der Waals surface area contributed by atoms with Crippen molar-refractivity contribution in [1.29, 1.82) is 0 Å². The number of β-lactam (4-membered cyclic amide) rings is 1. The highest BCUT2D eigenvalue weighted by Crippen LogP contribution is 2.50. The van der Waals surface area contributed by atoms with Crippen molar-refractivity contribution >= 4 is 29.5 Å². The minimum absolute atomic E-state index is 0.116. The molecule has 2 fully saturated rings. The molecular weight excluding hydrogens is 350 g/mol. The summed E-state index contributed by atoms with van der Waals surface area (Å²) < 4.78 is -0.392. The molecule has 0 aliphatic carbocycles. The van der Waals surface area contributed by atoms with Crippen LogP contribution in [0.5, 0.6) is 0 Å². The molecule has 1 aromatic rings. The summed E-state index contributed by atoms with van der Waals surface area (Å²) in [6, 6.07) is 8.38. The first-order chi connectivity index (χ1) is 12.3. The Hall–Kier alpha value is -2.02. The van der Waals surface area contributed by atoms with Crippen LogP contribution in [0.2, 0.25) is 0 Å². The quantitative estimate of drug-likeness (QED) is 0.735. The van der Waals surface area contributed by atoms with Crippen LogP contribution in [0, 0.1) is 0 Å². The maximum absolute atomic E-state index is 12.6. The molecule has 3 rings (SSSR count). The van der Waals surface area contributed by atoms with E-state index < -0.39 is 16.8 Å². The maximum Gasteiger partial charge on any atom is 0.249 e. The van der Waals surface area contributed by atoms with Gasteiger partial charge in [0, 0.05) is 11.3 Å². The molecule has 3 amide bonds. The number of thioether (sulfide) groups is 1. The summed E-state index contributed by atoms with van der Waals surface area (Å²) in [5.74, 6) is -0.466. The Bertz CT molecular complexity index is 707. The molecule has 7 heteroatoms. The predicted octanol–water partition coefficient (Wildman–Crippen LogP) is 1.30. The van der Waals surface area contributed by atoms with Gasteiger partial charge in [0.2, 0.25) is 17.7 Å². The minimum Gasteiger partial charge on any atom is -0.354 e.